The number of aliphatic hydroxyl groups is 1. The number of alkyl halides is 3. The first kappa shape index (κ1) is 17.5. The van der Waals surface area contributed by atoms with Gasteiger partial charge < -0.3 is 20.7 Å². The maximum Gasteiger partial charge on any atom is 0.417 e. The smallest absolute Gasteiger partial charge is 0.394 e. The highest BCUT2D eigenvalue weighted by Crippen LogP contribution is 2.29. The molecule has 0 radical (unpaired) electrons. The number of halogens is 3. The number of urea groups is 1. The highest BCUT2D eigenvalue weighted by atomic mass is 19.4. The van der Waals surface area contributed by atoms with Gasteiger partial charge in [0.05, 0.1) is 18.2 Å². The molecular formula is C15H14F3N3O3. The van der Waals surface area contributed by atoms with E-state index in [1.54, 1.807) is 30.3 Å². The molecule has 0 saturated heterocycles. The van der Waals surface area contributed by atoms with Gasteiger partial charge in [0.1, 0.15) is 5.69 Å². The number of hydrogen-bond acceptors (Lipinski definition) is 3. The van der Waals surface area contributed by atoms with E-state index in [-0.39, 0.29) is 0 Å². The Bertz CT molecular complexity index is 760. The first-order valence-corrected chi connectivity index (χ1v) is 6.84. The van der Waals surface area contributed by atoms with Crippen molar-refractivity contribution in [2.45, 2.75) is 12.2 Å². The lowest BCUT2D eigenvalue weighted by molar-refractivity contribution is -0.137. The van der Waals surface area contributed by atoms with E-state index < -0.39 is 41.7 Å². The van der Waals surface area contributed by atoms with Gasteiger partial charge in [-0.3, -0.25) is 4.79 Å². The second-order valence-electron chi connectivity index (χ2n) is 4.87. The molecule has 9 heteroatoms. The van der Waals surface area contributed by atoms with Crippen LogP contribution >= 0.6 is 0 Å². The summed E-state index contributed by atoms with van der Waals surface area (Å²) in [6.45, 7) is -0.420. The van der Waals surface area contributed by atoms with Gasteiger partial charge in [-0.2, -0.15) is 13.2 Å². The van der Waals surface area contributed by atoms with Crippen LogP contribution < -0.4 is 16.2 Å². The number of benzene rings is 1. The van der Waals surface area contributed by atoms with Gasteiger partial charge in [0.2, 0.25) is 0 Å². The predicted octanol–water partition coefficient (Wildman–Crippen LogP) is 2.25. The summed E-state index contributed by atoms with van der Waals surface area (Å²) >= 11 is 0. The molecule has 0 aliphatic rings. The molecule has 0 aliphatic heterocycles. The zero-order chi connectivity index (χ0) is 17.7. The Hall–Kier alpha value is -2.81. The maximum atomic E-state index is 12.6. The van der Waals surface area contributed by atoms with Crippen LogP contribution in [0.15, 0.2) is 47.4 Å². The number of pyridine rings is 1. The van der Waals surface area contributed by atoms with Crippen molar-refractivity contribution in [3.8, 4) is 0 Å². The second-order valence-corrected chi connectivity index (χ2v) is 4.87. The van der Waals surface area contributed by atoms with Crippen LogP contribution in [0.1, 0.15) is 17.2 Å². The van der Waals surface area contributed by atoms with Crippen LogP contribution in [0, 0.1) is 0 Å². The summed E-state index contributed by atoms with van der Waals surface area (Å²) in [4.78, 5) is 25.4. The van der Waals surface area contributed by atoms with Crippen molar-refractivity contribution < 1.29 is 23.1 Å². The number of amides is 2. The molecule has 0 fully saturated rings. The lowest BCUT2D eigenvalue weighted by Crippen LogP contribution is -2.35. The fourth-order valence-corrected chi connectivity index (χ4v) is 1.98. The minimum atomic E-state index is -4.66. The molecular weight excluding hydrogens is 327 g/mol. The van der Waals surface area contributed by atoms with Gasteiger partial charge in [0, 0.05) is 6.20 Å². The van der Waals surface area contributed by atoms with Crippen LogP contribution in [0.2, 0.25) is 0 Å². The van der Waals surface area contributed by atoms with Gasteiger partial charge in [-0.1, -0.05) is 30.3 Å². The van der Waals surface area contributed by atoms with Crippen LogP contribution in [-0.2, 0) is 6.18 Å². The first-order valence-electron chi connectivity index (χ1n) is 6.84. The Labute approximate surface area is 134 Å². The van der Waals surface area contributed by atoms with Crippen LogP contribution in [0.25, 0.3) is 0 Å². The third-order valence-corrected chi connectivity index (χ3v) is 3.17. The summed E-state index contributed by atoms with van der Waals surface area (Å²) in [7, 11) is 0. The van der Waals surface area contributed by atoms with Crippen LogP contribution in [0.4, 0.5) is 23.7 Å². The van der Waals surface area contributed by atoms with Crippen LogP contribution in [-0.4, -0.2) is 22.7 Å². The summed E-state index contributed by atoms with van der Waals surface area (Å²) in [5.74, 6) is 0. The highest BCUT2D eigenvalue weighted by molar-refractivity contribution is 5.89. The molecule has 1 aromatic heterocycles. The molecule has 2 rings (SSSR count). The van der Waals surface area contributed by atoms with E-state index in [9.17, 15) is 27.9 Å². The zero-order valence-corrected chi connectivity index (χ0v) is 12.2. The number of anilines is 1. The molecule has 1 aromatic carbocycles. The number of rotatable bonds is 4. The van der Waals surface area contributed by atoms with Gasteiger partial charge in [-0.15, -0.1) is 0 Å². The molecule has 128 valence electrons. The van der Waals surface area contributed by atoms with Gasteiger partial charge in [-0.05, 0) is 11.6 Å². The van der Waals surface area contributed by atoms with Gasteiger partial charge >= 0.3 is 12.2 Å². The number of aromatic nitrogens is 1. The normalized spacial score (nSPS) is 12.5. The molecule has 2 amide bonds. The Kier molecular flexibility index (Phi) is 5.24. The predicted molar refractivity (Wildman–Crippen MR) is 80.5 cm³/mol. The van der Waals surface area contributed by atoms with Gasteiger partial charge in [0.25, 0.3) is 5.56 Å². The summed E-state index contributed by atoms with van der Waals surface area (Å²) in [5.41, 5.74) is -1.92. The largest absolute Gasteiger partial charge is 0.417 e. The minimum absolute atomic E-state index is 0.420. The van der Waals surface area contributed by atoms with Gasteiger partial charge in [-0.25, -0.2) is 4.79 Å². The van der Waals surface area contributed by atoms with Crippen LogP contribution in [0.3, 0.4) is 0 Å². The zero-order valence-electron chi connectivity index (χ0n) is 12.2. The van der Waals surface area contributed by atoms with Crippen molar-refractivity contribution in [2.24, 2.45) is 0 Å². The molecule has 2 aromatic rings. The molecule has 6 nitrogen and oxygen atoms in total. The average molecular weight is 341 g/mol. The summed E-state index contributed by atoms with van der Waals surface area (Å²) in [5, 5.41) is 13.8. The molecule has 1 heterocycles. The third kappa shape index (κ3) is 4.35. The van der Waals surface area contributed by atoms with Gasteiger partial charge in [0.15, 0.2) is 0 Å². The summed E-state index contributed by atoms with van der Waals surface area (Å²) in [6, 6.07) is 7.34. The van der Waals surface area contributed by atoms with E-state index in [0.717, 1.165) is 0 Å². The van der Waals surface area contributed by atoms with Crippen molar-refractivity contribution in [3.63, 3.8) is 0 Å². The third-order valence-electron chi connectivity index (χ3n) is 3.17. The maximum absolute atomic E-state index is 12.6. The van der Waals surface area contributed by atoms with E-state index in [4.69, 9.17) is 0 Å². The molecule has 0 saturated carbocycles. The minimum Gasteiger partial charge on any atom is -0.394 e. The number of hydrogen-bond donors (Lipinski definition) is 4. The molecule has 0 spiro atoms. The van der Waals surface area contributed by atoms with E-state index in [2.05, 4.69) is 10.6 Å². The van der Waals surface area contributed by atoms with E-state index in [0.29, 0.717) is 17.8 Å². The van der Waals surface area contributed by atoms with Crippen molar-refractivity contribution in [2.75, 3.05) is 11.9 Å². The standard InChI is InChI=1S/C15H14F3N3O3/c16-15(17,18)10-6-11(13(23)19-7-10)20-14(24)21-12(8-22)9-4-2-1-3-5-9/h1-7,12,22H,8H2,(H,19,23)(H2,20,21,24)/t12-/m1/s1. The Morgan fingerprint density at radius 1 is 1.25 bits per heavy atom. The SMILES string of the molecule is O=C(Nc1cc(C(F)(F)F)c[nH]c1=O)N[C@H](CO)c1ccccc1. The Morgan fingerprint density at radius 3 is 2.50 bits per heavy atom. The number of H-pyrrole nitrogens is 1. The van der Waals surface area contributed by atoms with Crippen molar-refractivity contribution in [1.29, 1.82) is 0 Å². The second kappa shape index (κ2) is 7.18. The topological polar surface area (TPSA) is 94.2 Å². The molecule has 1 atom stereocenters. The monoisotopic (exact) mass is 341 g/mol. The fraction of sp³-hybridized carbons (Fsp3) is 0.200. The molecule has 0 unspecified atom stereocenters. The fourth-order valence-electron chi connectivity index (χ4n) is 1.98. The van der Waals surface area contributed by atoms with Crippen molar-refractivity contribution in [1.82, 2.24) is 10.3 Å². The number of aromatic amines is 1. The van der Waals surface area contributed by atoms with E-state index >= 15 is 0 Å². The number of aliphatic hydroxyl groups excluding tert-OH is 1. The molecule has 4 N–H and O–H groups in total. The first-order chi connectivity index (χ1) is 11.3. The Morgan fingerprint density at radius 2 is 1.92 bits per heavy atom. The quantitative estimate of drug-likeness (QED) is 0.687. The molecule has 0 bridgehead atoms. The van der Waals surface area contributed by atoms with E-state index in [1.807, 2.05) is 4.98 Å². The highest BCUT2D eigenvalue weighted by Gasteiger charge is 2.31. The lowest BCUT2D eigenvalue weighted by Gasteiger charge is -2.17. The van der Waals surface area contributed by atoms with E-state index in [1.165, 1.54) is 0 Å². The molecule has 0 aliphatic carbocycles. The van der Waals surface area contributed by atoms with Crippen molar-refractivity contribution >= 4 is 11.7 Å². The number of carbonyl (C=O) groups is 1. The average Bonchev–Trinajstić information content (AvgIpc) is 2.54. The molecule has 24 heavy (non-hydrogen) atoms. The lowest BCUT2D eigenvalue weighted by atomic mass is 10.1. The number of nitrogens with one attached hydrogen (secondary N) is 3. The summed E-state index contributed by atoms with van der Waals surface area (Å²) < 4.78 is 37.9. The Balaban J connectivity index is 2.13. The number of carbonyl (C=O) groups excluding carboxylic acids is 1. The van der Waals surface area contributed by atoms with Crippen molar-refractivity contribution in [3.05, 3.63) is 64.1 Å². The van der Waals surface area contributed by atoms with Crippen LogP contribution in [0.5, 0.6) is 0 Å². The summed E-state index contributed by atoms with van der Waals surface area (Å²) in [6.07, 6.45) is -4.14.